The minimum atomic E-state index is -0.536. The molecule has 2 nitrogen and oxygen atoms in total. The molecule has 2 aliphatic heterocycles. The molecule has 2 atom stereocenters. The Morgan fingerprint density at radius 1 is 1.29 bits per heavy atom. The van der Waals surface area contributed by atoms with Gasteiger partial charge in [0.05, 0.1) is 5.56 Å². The molecule has 1 N–H and O–H groups in total. The lowest BCUT2D eigenvalue weighted by Gasteiger charge is -2.13. The molecule has 0 saturated carbocycles. The van der Waals surface area contributed by atoms with Crippen molar-refractivity contribution >= 4 is 5.70 Å². The lowest BCUT2D eigenvalue weighted by atomic mass is 10.0. The molecule has 0 aliphatic carbocycles. The number of benzene rings is 1. The molecular formula is C13H13F2NO. The van der Waals surface area contributed by atoms with Crippen molar-refractivity contribution in [1.82, 2.24) is 5.32 Å². The summed E-state index contributed by atoms with van der Waals surface area (Å²) in [7, 11) is 0. The van der Waals surface area contributed by atoms with Crippen molar-refractivity contribution in [2.24, 2.45) is 0 Å². The molecule has 90 valence electrons. The van der Waals surface area contributed by atoms with E-state index in [1.165, 1.54) is 18.2 Å². The zero-order valence-corrected chi connectivity index (χ0v) is 9.47. The third kappa shape index (κ3) is 1.82. The van der Waals surface area contributed by atoms with Crippen molar-refractivity contribution < 1.29 is 13.5 Å². The zero-order valence-electron chi connectivity index (χ0n) is 9.47. The minimum absolute atomic E-state index is 0.0288. The van der Waals surface area contributed by atoms with Crippen LogP contribution in [0.1, 0.15) is 25.3 Å². The van der Waals surface area contributed by atoms with E-state index in [4.69, 9.17) is 4.74 Å². The highest BCUT2D eigenvalue weighted by molar-refractivity contribution is 5.68. The summed E-state index contributed by atoms with van der Waals surface area (Å²) in [5, 5.41) is 3.08. The molecule has 2 heterocycles. The second kappa shape index (κ2) is 3.81. The van der Waals surface area contributed by atoms with E-state index in [1.54, 1.807) is 0 Å². The lowest BCUT2D eigenvalue weighted by molar-refractivity contribution is 0.350. The average Bonchev–Trinajstić information content (AvgIpc) is 3.02. The van der Waals surface area contributed by atoms with Crippen LogP contribution in [0, 0.1) is 11.6 Å². The topological polar surface area (TPSA) is 24.6 Å². The molecule has 0 radical (unpaired) electrons. The van der Waals surface area contributed by atoms with Crippen molar-refractivity contribution in [3.63, 3.8) is 0 Å². The van der Waals surface area contributed by atoms with Gasteiger partial charge in [0.2, 0.25) is 0 Å². The predicted molar refractivity (Wildman–Crippen MR) is 60.0 cm³/mol. The Bertz CT molecular complexity index is 478. The Labute approximate surface area is 98.3 Å². The van der Waals surface area contributed by atoms with E-state index in [9.17, 15) is 8.78 Å². The maximum Gasteiger partial charge on any atom is 0.154 e. The van der Waals surface area contributed by atoms with E-state index in [-0.39, 0.29) is 17.9 Å². The molecule has 3 rings (SSSR count). The molecule has 2 unspecified atom stereocenters. The Morgan fingerprint density at radius 2 is 2.00 bits per heavy atom. The van der Waals surface area contributed by atoms with Gasteiger partial charge in [-0.05, 0) is 37.5 Å². The quantitative estimate of drug-likeness (QED) is 0.759. The molecule has 0 spiro atoms. The van der Waals surface area contributed by atoms with Gasteiger partial charge in [-0.2, -0.15) is 0 Å². The van der Waals surface area contributed by atoms with Crippen molar-refractivity contribution in [2.45, 2.75) is 32.1 Å². The second-order valence-corrected chi connectivity index (χ2v) is 4.53. The maximum absolute atomic E-state index is 13.7. The molecule has 0 amide bonds. The number of fused-ring (bicyclic) bond motifs is 1. The summed E-state index contributed by atoms with van der Waals surface area (Å²) < 4.78 is 32.8. The highest BCUT2D eigenvalue weighted by atomic mass is 19.1. The number of nitrogens with one attached hydrogen (secondary N) is 1. The fourth-order valence-electron chi connectivity index (χ4n) is 2.26. The van der Waals surface area contributed by atoms with Crippen LogP contribution in [0.5, 0.6) is 0 Å². The van der Waals surface area contributed by atoms with Gasteiger partial charge in [-0.15, -0.1) is 0 Å². The molecule has 1 aromatic rings. The van der Waals surface area contributed by atoms with E-state index >= 15 is 0 Å². The number of epoxide rings is 1. The normalized spacial score (nSPS) is 27.2. The molecular weight excluding hydrogens is 224 g/mol. The summed E-state index contributed by atoms with van der Waals surface area (Å²) in [5.41, 5.74) is 1.55. The standard InChI is InChI=1S/C13H13F2NO/c1-7-5-6-10-13(17-10)16-12(7)11-8(14)3-2-4-9(11)15/h2-4,10,13,16H,5-6H2,1H3. The largest absolute Gasteiger partial charge is 0.357 e. The fourth-order valence-corrected chi connectivity index (χ4v) is 2.26. The lowest BCUT2D eigenvalue weighted by Crippen LogP contribution is -2.19. The van der Waals surface area contributed by atoms with Gasteiger partial charge < -0.3 is 10.1 Å². The second-order valence-electron chi connectivity index (χ2n) is 4.53. The first kappa shape index (κ1) is 10.7. The molecule has 0 bridgehead atoms. The molecule has 17 heavy (non-hydrogen) atoms. The summed E-state index contributed by atoms with van der Waals surface area (Å²) in [6, 6.07) is 3.92. The Morgan fingerprint density at radius 3 is 2.71 bits per heavy atom. The van der Waals surface area contributed by atoms with E-state index in [2.05, 4.69) is 5.32 Å². The van der Waals surface area contributed by atoms with Crippen molar-refractivity contribution in [3.05, 3.63) is 41.0 Å². The van der Waals surface area contributed by atoms with E-state index < -0.39 is 11.6 Å². The third-order valence-electron chi connectivity index (χ3n) is 3.31. The number of rotatable bonds is 1. The fraction of sp³-hybridized carbons (Fsp3) is 0.385. The zero-order chi connectivity index (χ0) is 12.0. The highest BCUT2D eigenvalue weighted by Crippen LogP contribution is 2.35. The van der Waals surface area contributed by atoms with E-state index in [0.29, 0.717) is 5.70 Å². The number of hydrogen-bond acceptors (Lipinski definition) is 2. The summed E-state index contributed by atoms with van der Waals surface area (Å²) in [6.07, 6.45) is 1.82. The van der Waals surface area contributed by atoms with Crippen LogP contribution in [0.2, 0.25) is 0 Å². The molecule has 2 aliphatic rings. The van der Waals surface area contributed by atoms with Gasteiger partial charge in [0, 0.05) is 5.70 Å². The van der Waals surface area contributed by atoms with Crippen LogP contribution >= 0.6 is 0 Å². The van der Waals surface area contributed by atoms with Gasteiger partial charge in [-0.25, -0.2) is 8.78 Å². The van der Waals surface area contributed by atoms with Crippen molar-refractivity contribution in [3.8, 4) is 0 Å². The van der Waals surface area contributed by atoms with Gasteiger partial charge >= 0.3 is 0 Å². The Balaban J connectivity index is 2.06. The van der Waals surface area contributed by atoms with Crippen LogP contribution in [-0.4, -0.2) is 12.3 Å². The maximum atomic E-state index is 13.7. The smallest absolute Gasteiger partial charge is 0.154 e. The van der Waals surface area contributed by atoms with Crippen LogP contribution in [-0.2, 0) is 4.74 Å². The molecule has 1 saturated heterocycles. The number of allylic oxidation sites excluding steroid dienone is 1. The highest BCUT2D eigenvalue weighted by Gasteiger charge is 2.41. The average molecular weight is 237 g/mol. The molecule has 4 heteroatoms. The van der Waals surface area contributed by atoms with Crippen LogP contribution < -0.4 is 5.32 Å². The van der Waals surface area contributed by atoms with Gasteiger partial charge in [-0.3, -0.25) is 0 Å². The molecule has 1 fully saturated rings. The Hall–Kier alpha value is -1.42. The van der Waals surface area contributed by atoms with Crippen LogP contribution in [0.4, 0.5) is 8.78 Å². The van der Waals surface area contributed by atoms with Crippen molar-refractivity contribution in [1.29, 1.82) is 0 Å². The van der Waals surface area contributed by atoms with Crippen LogP contribution in [0.25, 0.3) is 5.70 Å². The first-order valence-corrected chi connectivity index (χ1v) is 5.73. The van der Waals surface area contributed by atoms with Gasteiger partial charge in [-0.1, -0.05) is 6.07 Å². The van der Waals surface area contributed by atoms with Crippen molar-refractivity contribution in [2.75, 3.05) is 0 Å². The molecule has 1 aromatic carbocycles. The van der Waals surface area contributed by atoms with Crippen LogP contribution in [0.3, 0.4) is 0 Å². The van der Waals surface area contributed by atoms with Crippen LogP contribution in [0.15, 0.2) is 23.8 Å². The summed E-state index contributed by atoms with van der Waals surface area (Å²) in [4.78, 5) is 0. The summed E-state index contributed by atoms with van der Waals surface area (Å²) in [5.74, 6) is -1.07. The number of hydrogen-bond donors (Lipinski definition) is 1. The minimum Gasteiger partial charge on any atom is -0.357 e. The van der Waals surface area contributed by atoms with E-state index in [1.807, 2.05) is 6.92 Å². The predicted octanol–water partition coefficient (Wildman–Crippen LogP) is 2.80. The third-order valence-corrected chi connectivity index (χ3v) is 3.31. The number of halogens is 2. The van der Waals surface area contributed by atoms with Gasteiger partial charge in [0.1, 0.15) is 17.7 Å². The van der Waals surface area contributed by atoms with Gasteiger partial charge in [0.25, 0.3) is 0 Å². The summed E-state index contributed by atoms with van der Waals surface area (Å²) >= 11 is 0. The Kier molecular flexibility index (Phi) is 2.40. The number of ether oxygens (including phenoxy) is 1. The monoisotopic (exact) mass is 237 g/mol. The first-order chi connectivity index (χ1) is 8.16. The SMILES string of the molecule is CC1=C(c2c(F)cccc2F)NC2OC2CC1. The van der Waals surface area contributed by atoms with Gasteiger partial charge in [0.15, 0.2) is 6.23 Å². The molecule has 0 aromatic heterocycles. The first-order valence-electron chi connectivity index (χ1n) is 5.73. The summed E-state index contributed by atoms with van der Waals surface area (Å²) in [6.45, 7) is 1.90. The van der Waals surface area contributed by atoms with E-state index in [0.717, 1.165) is 18.4 Å².